The maximum atomic E-state index is 4.26. The Labute approximate surface area is 119 Å². The van der Waals surface area contributed by atoms with E-state index in [0.717, 1.165) is 23.9 Å². The van der Waals surface area contributed by atoms with Crippen molar-refractivity contribution in [3.05, 3.63) is 47.8 Å². The van der Waals surface area contributed by atoms with Gasteiger partial charge in [-0.1, -0.05) is 43.0 Å². The highest BCUT2D eigenvalue weighted by Crippen LogP contribution is 2.24. The van der Waals surface area contributed by atoms with Crippen molar-refractivity contribution in [1.29, 1.82) is 0 Å². The predicted octanol–water partition coefficient (Wildman–Crippen LogP) is 3.55. The Balaban J connectivity index is 2.05. The number of hydrogen-bond donors (Lipinski definition) is 2. The van der Waals surface area contributed by atoms with Crippen molar-refractivity contribution in [3.63, 3.8) is 0 Å². The minimum Gasteiger partial charge on any atom is -0.340 e. The molecule has 2 aromatic rings. The highest BCUT2D eigenvalue weighted by molar-refractivity contribution is 7.99. The predicted molar refractivity (Wildman–Crippen MR) is 81.5 cm³/mol. The molecule has 0 spiro atoms. The molecule has 0 saturated carbocycles. The molecule has 0 aliphatic carbocycles. The molecule has 0 bridgehead atoms. The van der Waals surface area contributed by atoms with Gasteiger partial charge in [-0.2, -0.15) is 0 Å². The molecule has 0 amide bonds. The van der Waals surface area contributed by atoms with E-state index in [-0.39, 0.29) is 0 Å². The van der Waals surface area contributed by atoms with Crippen molar-refractivity contribution in [1.82, 2.24) is 15.3 Å². The first-order valence-corrected chi connectivity index (χ1v) is 7.71. The van der Waals surface area contributed by atoms with Crippen LogP contribution in [0.15, 0.2) is 41.8 Å². The summed E-state index contributed by atoms with van der Waals surface area (Å²) in [5, 5.41) is 4.61. The topological polar surface area (TPSA) is 40.7 Å². The van der Waals surface area contributed by atoms with Gasteiger partial charge in [0.1, 0.15) is 0 Å². The first kappa shape index (κ1) is 14.2. The number of H-pyrrole nitrogens is 1. The zero-order valence-electron chi connectivity index (χ0n) is 11.5. The Morgan fingerprint density at radius 3 is 2.89 bits per heavy atom. The van der Waals surface area contributed by atoms with Crippen LogP contribution >= 0.6 is 11.8 Å². The average molecular weight is 275 g/mol. The molecule has 1 atom stereocenters. The molecule has 2 N–H and O–H groups in total. The number of thioether (sulfide) groups is 1. The molecule has 2 rings (SSSR count). The Kier molecular flexibility index (Phi) is 5.48. The van der Waals surface area contributed by atoms with E-state index < -0.39 is 0 Å². The van der Waals surface area contributed by atoms with Crippen LogP contribution in [0.5, 0.6) is 0 Å². The van der Waals surface area contributed by atoms with E-state index in [1.54, 1.807) is 18.0 Å². The maximum absolute atomic E-state index is 4.26. The maximum Gasteiger partial charge on any atom is 0.165 e. The normalized spacial score (nSPS) is 12.5. The van der Waals surface area contributed by atoms with Gasteiger partial charge in [0.25, 0.3) is 0 Å². The summed E-state index contributed by atoms with van der Waals surface area (Å²) in [6.07, 6.45) is 4.81. The van der Waals surface area contributed by atoms with E-state index in [9.17, 15) is 0 Å². The van der Waals surface area contributed by atoms with E-state index in [1.807, 2.05) is 6.20 Å². The van der Waals surface area contributed by atoms with Gasteiger partial charge in [0.2, 0.25) is 0 Å². The van der Waals surface area contributed by atoms with Crippen LogP contribution in [0, 0.1) is 6.92 Å². The third-order valence-electron chi connectivity index (χ3n) is 3.06. The minimum atomic E-state index is 0.372. The van der Waals surface area contributed by atoms with Crippen molar-refractivity contribution < 1.29 is 0 Å². The molecule has 0 fully saturated rings. The van der Waals surface area contributed by atoms with Crippen LogP contribution < -0.4 is 5.32 Å². The number of hydrogen-bond acceptors (Lipinski definition) is 3. The number of benzene rings is 1. The molecule has 1 aromatic heterocycles. The van der Waals surface area contributed by atoms with Gasteiger partial charge in [0.05, 0.1) is 0 Å². The fourth-order valence-electron chi connectivity index (χ4n) is 2.05. The van der Waals surface area contributed by atoms with Crippen LogP contribution in [-0.4, -0.2) is 22.3 Å². The first-order chi connectivity index (χ1) is 9.31. The second-order valence-electron chi connectivity index (χ2n) is 4.57. The number of aromatic nitrogens is 2. The minimum absolute atomic E-state index is 0.372. The molecule has 1 unspecified atom stereocenters. The van der Waals surface area contributed by atoms with Crippen molar-refractivity contribution in [2.75, 3.05) is 12.3 Å². The van der Waals surface area contributed by atoms with E-state index in [1.165, 1.54) is 11.1 Å². The number of nitrogens with zero attached hydrogens (tertiary/aromatic N) is 1. The van der Waals surface area contributed by atoms with Crippen LogP contribution in [0.4, 0.5) is 0 Å². The summed E-state index contributed by atoms with van der Waals surface area (Å²) in [5.74, 6) is 0.984. The van der Waals surface area contributed by atoms with Gasteiger partial charge in [-0.25, -0.2) is 4.98 Å². The molecule has 19 heavy (non-hydrogen) atoms. The number of nitrogens with one attached hydrogen (secondary N) is 2. The van der Waals surface area contributed by atoms with Crippen molar-refractivity contribution >= 4 is 11.8 Å². The quantitative estimate of drug-likeness (QED) is 0.759. The fraction of sp³-hybridized carbons (Fsp3) is 0.400. The zero-order valence-corrected chi connectivity index (χ0v) is 12.3. The largest absolute Gasteiger partial charge is 0.340 e. The second kappa shape index (κ2) is 7.36. The van der Waals surface area contributed by atoms with Gasteiger partial charge in [0, 0.05) is 24.2 Å². The summed E-state index contributed by atoms with van der Waals surface area (Å²) in [4.78, 5) is 7.40. The van der Waals surface area contributed by atoms with Gasteiger partial charge < -0.3 is 10.3 Å². The van der Waals surface area contributed by atoms with Crippen LogP contribution in [0.25, 0.3) is 0 Å². The summed E-state index contributed by atoms with van der Waals surface area (Å²) in [7, 11) is 0. The lowest BCUT2D eigenvalue weighted by atomic mass is 10.0. The molecule has 1 heterocycles. The first-order valence-electron chi connectivity index (χ1n) is 6.72. The molecule has 102 valence electrons. The Morgan fingerprint density at radius 1 is 1.37 bits per heavy atom. The van der Waals surface area contributed by atoms with Gasteiger partial charge in [0.15, 0.2) is 5.16 Å². The fourth-order valence-corrected chi connectivity index (χ4v) is 2.96. The summed E-state index contributed by atoms with van der Waals surface area (Å²) in [6.45, 7) is 5.41. The summed E-state index contributed by atoms with van der Waals surface area (Å²) < 4.78 is 0. The van der Waals surface area contributed by atoms with E-state index >= 15 is 0 Å². The van der Waals surface area contributed by atoms with E-state index in [0.29, 0.717) is 6.04 Å². The monoisotopic (exact) mass is 275 g/mol. The van der Waals surface area contributed by atoms with E-state index in [4.69, 9.17) is 0 Å². The second-order valence-corrected chi connectivity index (χ2v) is 5.58. The zero-order chi connectivity index (χ0) is 13.5. The smallest absolute Gasteiger partial charge is 0.165 e. The summed E-state index contributed by atoms with van der Waals surface area (Å²) >= 11 is 1.76. The van der Waals surface area contributed by atoms with Gasteiger partial charge in [-0.3, -0.25) is 0 Å². The average Bonchev–Trinajstić information content (AvgIpc) is 2.93. The van der Waals surface area contributed by atoms with Gasteiger partial charge in [-0.05, 0) is 31.0 Å². The molecule has 4 heteroatoms. The van der Waals surface area contributed by atoms with Crippen molar-refractivity contribution in [2.24, 2.45) is 0 Å². The van der Waals surface area contributed by atoms with Crippen molar-refractivity contribution in [2.45, 2.75) is 31.5 Å². The summed E-state index contributed by atoms with van der Waals surface area (Å²) in [5.41, 5.74) is 2.73. The molecule has 0 aliphatic heterocycles. The Hall–Kier alpha value is -1.26. The molecule has 0 radical (unpaired) electrons. The number of aromatic amines is 1. The van der Waals surface area contributed by atoms with Gasteiger partial charge >= 0.3 is 0 Å². The van der Waals surface area contributed by atoms with Crippen LogP contribution in [0.2, 0.25) is 0 Å². The number of aryl methyl sites for hydroxylation is 1. The molecule has 0 saturated heterocycles. The molecular formula is C15H21N3S. The lowest BCUT2D eigenvalue weighted by molar-refractivity contribution is 0.575. The molecule has 3 nitrogen and oxygen atoms in total. The standard InChI is InChI=1S/C15H21N3S/c1-3-8-16-14(11-19-15-17-9-10-18-15)13-7-5-4-6-12(13)2/h4-7,9-10,14,16H,3,8,11H2,1-2H3,(H,17,18). The lowest BCUT2D eigenvalue weighted by Crippen LogP contribution is -2.24. The highest BCUT2D eigenvalue weighted by Gasteiger charge is 2.13. The Morgan fingerprint density at radius 2 is 2.21 bits per heavy atom. The number of rotatable bonds is 7. The molecule has 1 aromatic carbocycles. The number of imidazole rings is 1. The third kappa shape index (κ3) is 4.11. The van der Waals surface area contributed by atoms with Crippen LogP contribution in [-0.2, 0) is 0 Å². The lowest BCUT2D eigenvalue weighted by Gasteiger charge is -2.20. The SMILES string of the molecule is CCCNC(CSc1ncc[nH]1)c1ccccc1C. The van der Waals surface area contributed by atoms with Crippen molar-refractivity contribution in [3.8, 4) is 0 Å². The van der Waals surface area contributed by atoms with Gasteiger partial charge in [-0.15, -0.1) is 0 Å². The van der Waals surface area contributed by atoms with Crippen LogP contribution in [0.1, 0.15) is 30.5 Å². The highest BCUT2D eigenvalue weighted by atomic mass is 32.2. The third-order valence-corrected chi connectivity index (χ3v) is 4.06. The van der Waals surface area contributed by atoms with E-state index in [2.05, 4.69) is 53.4 Å². The Bertz CT molecular complexity index is 482. The molecule has 0 aliphatic rings. The van der Waals surface area contributed by atoms with Crippen LogP contribution in [0.3, 0.4) is 0 Å². The summed E-state index contributed by atoms with van der Waals surface area (Å²) in [6, 6.07) is 8.96. The molecular weight excluding hydrogens is 254 g/mol.